The van der Waals surface area contributed by atoms with Crippen LogP contribution in [0.1, 0.15) is 25.0 Å². The van der Waals surface area contributed by atoms with Crippen molar-refractivity contribution >= 4 is 11.9 Å². The van der Waals surface area contributed by atoms with E-state index >= 15 is 0 Å². The molecule has 0 saturated carbocycles. The van der Waals surface area contributed by atoms with Crippen LogP contribution in [0.3, 0.4) is 0 Å². The highest BCUT2D eigenvalue weighted by Gasteiger charge is 2.08. The van der Waals surface area contributed by atoms with Crippen LogP contribution in [0.25, 0.3) is 0 Å². The highest BCUT2D eigenvalue weighted by Crippen LogP contribution is 2.28. The molecule has 0 fully saturated rings. The van der Waals surface area contributed by atoms with Crippen LogP contribution in [0.2, 0.25) is 0 Å². The number of amides is 3. The molecular formula is C22H29N3O4. The zero-order valence-electron chi connectivity index (χ0n) is 17.0. The van der Waals surface area contributed by atoms with Crippen molar-refractivity contribution in [1.82, 2.24) is 16.0 Å². The largest absolute Gasteiger partial charge is 0.490 e. The van der Waals surface area contributed by atoms with Crippen molar-refractivity contribution in [1.29, 1.82) is 0 Å². The van der Waals surface area contributed by atoms with Crippen molar-refractivity contribution in [3.05, 3.63) is 59.7 Å². The predicted octanol–water partition coefficient (Wildman–Crippen LogP) is 2.64. The third kappa shape index (κ3) is 8.13. The van der Waals surface area contributed by atoms with Crippen molar-refractivity contribution in [2.24, 2.45) is 0 Å². The molecule has 0 aromatic heterocycles. The number of ether oxygens (including phenoxy) is 2. The first-order valence-corrected chi connectivity index (χ1v) is 9.83. The minimum Gasteiger partial charge on any atom is -0.490 e. The van der Waals surface area contributed by atoms with Crippen LogP contribution in [0, 0.1) is 0 Å². The number of hydrogen-bond donors (Lipinski definition) is 3. The molecule has 0 aliphatic heterocycles. The Bertz CT molecular complexity index is 781. The second kappa shape index (κ2) is 12.3. The van der Waals surface area contributed by atoms with E-state index < -0.39 is 0 Å². The first kappa shape index (κ1) is 22.1. The molecule has 0 atom stereocenters. The lowest BCUT2D eigenvalue weighted by atomic mass is 10.1. The lowest BCUT2D eigenvalue weighted by molar-refractivity contribution is -0.120. The molecule has 2 rings (SSSR count). The molecule has 7 nitrogen and oxygen atoms in total. The van der Waals surface area contributed by atoms with Crippen molar-refractivity contribution in [3.8, 4) is 11.5 Å². The van der Waals surface area contributed by atoms with Gasteiger partial charge in [0.15, 0.2) is 11.5 Å². The second-order valence-corrected chi connectivity index (χ2v) is 6.27. The lowest BCUT2D eigenvalue weighted by Gasteiger charge is -2.13. The van der Waals surface area contributed by atoms with Crippen LogP contribution >= 0.6 is 0 Å². The number of benzene rings is 2. The topological polar surface area (TPSA) is 88.7 Å². The molecule has 2 aromatic carbocycles. The van der Waals surface area contributed by atoms with Gasteiger partial charge in [-0.3, -0.25) is 4.79 Å². The Balaban J connectivity index is 1.68. The SMILES string of the molecule is CCOc1ccc(CCNC(=O)CNC(=O)NCc2ccccc2)cc1OCC. The molecule has 3 N–H and O–H groups in total. The van der Waals surface area contributed by atoms with Crippen LogP contribution in [0.15, 0.2) is 48.5 Å². The molecule has 0 heterocycles. The molecule has 0 saturated heterocycles. The maximum absolute atomic E-state index is 11.9. The van der Waals surface area contributed by atoms with Gasteiger partial charge in [-0.05, 0) is 43.5 Å². The van der Waals surface area contributed by atoms with Gasteiger partial charge >= 0.3 is 6.03 Å². The van der Waals surface area contributed by atoms with Gasteiger partial charge in [-0.25, -0.2) is 4.79 Å². The lowest BCUT2D eigenvalue weighted by Crippen LogP contribution is -2.42. The van der Waals surface area contributed by atoms with E-state index in [1.807, 2.05) is 62.4 Å². The summed E-state index contributed by atoms with van der Waals surface area (Å²) in [6, 6.07) is 15.0. The average Bonchev–Trinajstić information content (AvgIpc) is 2.73. The Kier molecular flexibility index (Phi) is 9.35. The molecule has 0 bridgehead atoms. The summed E-state index contributed by atoms with van der Waals surface area (Å²) in [5.41, 5.74) is 2.03. The van der Waals surface area contributed by atoms with Gasteiger partial charge in [-0.2, -0.15) is 0 Å². The summed E-state index contributed by atoms with van der Waals surface area (Å²) in [6.07, 6.45) is 0.651. The highest BCUT2D eigenvalue weighted by molar-refractivity contribution is 5.83. The number of carbonyl (C=O) groups excluding carboxylic acids is 2. The van der Waals surface area contributed by atoms with Crippen LogP contribution in [-0.2, 0) is 17.8 Å². The van der Waals surface area contributed by atoms with Crippen LogP contribution in [0.4, 0.5) is 4.79 Å². The van der Waals surface area contributed by atoms with Crippen molar-refractivity contribution in [2.45, 2.75) is 26.8 Å². The monoisotopic (exact) mass is 399 g/mol. The summed E-state index contributed by atoms with van der Waals surface area (Å²) in [5, 5.41) is 8.06. The maximum Gasteiger partial charge on any atom is 0.315 e. The van der Waals surface area contributed by atoms with Gasteiger partial charge in [0.2, 0.25) is 5.91 Å². The summed E-state index contributed by atoms with van der Waals surface area (Å²) >= 11 is 0. The second-order valence-electron chi connectivity index (χ2n) is 6.27. The summed E-state index contributed by atoms with van der Waals surface area (Å²) in [4.78, 5) is 23.7. The van der Waals surface area contributed by atoms with E-state index in [2.05, 4.69) is 16.0 Å². The zero-order valence-corrected chi connectivity index (χ0v) is 17.0. The number of rotatable bonds is 11. The van der Waals surface area contributed by atoms with E-state index in [9.17, 15) is 9.59 Å². The molecule has 0 unspecified atom stereocenters. The minimum atomic E-state index is -0.378. The molecule has 0 spiro atoms. The Morgan fingerprint density at radius 3 is 2.28 bits per heavy atom. The normalized spacial score (nSPS) is 10.1. The molecule has 156 valence electrons. The van der Waals surface area contributed by atoms with Gasteiger partial charge < -0.3 is 25.4 Å². The van der Waals surface area contributed by atoms with Crippen molar-refractivity contribution in [2.75, 3.05) is 26.3 Å². The van der Waals surface area contributed by atoms with Gasteiger partial charge in [0.25, 0.3) is 0 Å². The fraction of sp³-hybridized carbons (Fsp3) is 0.364. The van der Waals surface area contributed by atoms with Gasteiger partial charge in [0.05, 0.1) is 19.8 Å². The zero-order chi connectivity index (χ0) is 20.9. The number of nitrogens with one attached hydrogen (secondary N) is 3. The molecule has 3 amide bonds. The molecule has 7 heteroatoms. The summed E-state index contributed by atoms with van der Waals surface area (Å²) in [6.45, 7) is 5.77. The Morgan fingerprint density at radius 2 is 1.55 bits per heavy atom. The van der Waals surface area contributed by atoms with Gasteiger partial charge in [0.1, 0.15) is 0 Å². The summed E-state index contributed by atoms with van der Waals surface area (Å²) in [7, 11) is 0. The van der Waals surface area contributed by atoms with Crippen molar-refractivity contribution in [3.63, 3.8) is 0 Å². The predicted molar refractivity (Wildman–Crippen MR) is 112 cm³/mol. The Morgan fingerprint density at radius 1 is 0.828 bits per heavy atom. The molecule has 0 aliphatic carbocycles. The third-order valence-corrected chi connectivity index (χ3v) is 4.05. The fourth-order valence-electron chi connectivity index (χ4n) is 2.66. The van der Waals surface area contributed by atoms with E-state index in [0.717, 1.165) is 11.1 Å². The van der Waals surface area contributed by atoms with Crippen LogP contribution in [-0.4, -0.2) is 38.2 Å². The number of carbonyl (C=O) groups is 2. The average molecular weight is 399 g/mol. The van der Waals surface area contributed by atoms with E-state index in [1.54, 1.807) is 0 Å². The number of hydrogen-bond acceptors (Lipinski definition) is 4. The van der Waals surface area contributed by atoms with Gasteiger partial charge in [0, 0.05) is 13.1 Å². The Labute approximate surface area is 171 Å². The van der Waals surface area contributed by atoms with Crippen LogP contribution in [0.5, 0.6) is 11.5 Å². The maximum atomic E-state index is 11.9. The minimum absolute atomic E-state index is 0.0753. The van der Waals surface area contributed by atoms with E-state index in [-0.39, 0.29) is 18.5 Å². The molecule has 2 aromatic rings. The first-order chi connectivity index (χ1) is 14.1. The standard InChI is InChI=1S/C22H29N3O4/c1-3-28-19-11-10-17(14-20(19)29-4-2)12-13-23-21(26)16-25-22(27)24-15-18-8-6-5-7-9-18/h5-11,14H,3-4,12-13,15-16H2,1-2H3,(H,23,26)(H2,24,25,27). The molecule has 29 heavy (non-hydrogen) atoms. The summed E-state index contributed by atoms with van der Waals surface area (Å²) < 4.78 is 11.2. The highest BCUT2D eigenvalue weighted by atomic mass is 16.5. The van der Waals surface area contributed by atoms with E-state index in [4.69, 9.17) is 9.47 Å². The van der Waals surface area contributed by atoms with Gasteiger partial charge in [-0.15, -0.1) is 0 Å². The van der Waals surface area contributed by atoms with Gasteiger partial charge in [-0.1, -0.05) is 36.4 Å². The Hall–Kier alpha value is -3.22. The van der Waals surface area contributed by atoms with E-state index in [0.29, 0.717) is 44.2 Å². The molecule has 0 aliphatic rings. The fourth-order valence-corrected chi connectivity index (χ4v) is 2.66. The molecular weight excluding hydrogens is 370 g/mol. The van der Waals surface area contributed by atoms with E-state index in [1.165, 1.54) is 0 Å². The van der Waals surface area contributed by atoms with Crippen LogP contribution < -0.4 is 25.4 Å². The third-order valence-electron chi connectivity index (χ3n) is 4.05. The quantitative estimate of drug-likeness (QED) is 0.542. The molecule has 0 radical (unpaired) electrons. The summed E-state index contributed by atoms with van der Waals surface area (Å²) in [5.74, 6) is 1.18. The first-order valence-electron chi connectivity index (χ1n) is 9.83. The van der Waals surface area contributed by atoms with Crippen molar-refractivity contribution < 1.29 is 19.1 Å². The number of urea groups is 1. The smallest absolute Gasteiger partial charge is 0.315 e.